The molecule has 3 aromatic carbocycles. The van der Waals surface area contributed by atoms with Gasteiger partial charge in [0.15, 0.2) is 11.5 Å². The van der Waals surface area contributed by atoms with Crippen LogP contribution in [0.4, 0.5) is 4.39 Å². The lowest BCUT2D eigenvalue weighted by atomic mass is 9.99. The fourth-order valence-corrected chi connectivity index (χ4v) is 4.20. The topological polar surface area (TPSA) is 99.1 Å². The second-order valence-corrected chi connectivity index (χ2v) is 9.74. The molecule has 2 N–H and O–H groups in total. The SMILES string of the molecule is COc1ccc(COc2ccc(C(=O)NCC(C)(O)c3ccc(OC)c(-c4ccc(F)c(Cl)c4)n3)cc2OC)cc1. The van der Waals surface area contributed by atoms with E-state index < -0.39 is 17.3 Å². The Morgan fingerprint density at radius 2 is 1.63 bits per heavy atom. The highest BCUT2D eigenvalue weighted by Gasteiger charge is 2.27. The van der Waals surface area contributed by atoms with Gasteiger partial charge in [0.1, 0.15) is 35.2 Å². The summed E-state index contributed by atoms with van der Waals surface area (Å²) in [7, 11) is 4.57. The Hall–Kier alpha value is -4.34. The van der Waals surface area contributed by atoms with E-state index in [2.05, 4.69) is 10.3 Å². The van der Waals surface area contributed by atoms with Gasteiger partial charge in [0.25, 0.3) is 5.91 Å². The van der Waals surface area contributed by atoms with E-state index in [0.717, 1.165) is 11.3 Å². The molecule has 1 atom stereocenters. The molecule has 0 saturated heterocycles. The molecular weight excluding hydrogens is 551 g/mol. The van der Waals surface area contributed by atoms with Crippen molar-refractivity contribution in [2.24, 2.45) is 0 Å². The highest BCUT2D eigenvalue weighted by Crippen LogP contribution is 2.33. The number of nitrogens with one attached hydrogen (secondary N) is 1. The smallest absolute Gasteiger partial charge is 0.251 e. The van der Waals surface area contributed by atoms with Gasteiger partial charge in [-0.3, -0.25) is 4.79 Å². The molecule has 214 valence electrons. The number of methoxy groups -OCH3 is 3. The Labute approximate surface area is 242 Å². The summed E-state index contributed by atoms with van der Waals surface area (Å²) in [5.74, 6) is 1.04. The van der Waals surface area contributed by atoms with Crippen LogP contribution in [-0.2, 0) is 12.2 Å². The van der Waals surface area contributed by atoms with Crippen molar-refractivity contribution in [2.45, 2.75) is 19.1 Å². The second-order valence-electron chi connectivity index (χ2n) is 9.34. The summed E-state index contributed by atoms with van der Waals surface area (Å²) >= 11 is 5.96. The number of pyridine rings is 1. The van der Waals surface area contributed by atoms with Crippen LogP contribution in [-0.4, -0.2) is 43.9 Å². The number of amides is 1. The first-order chi connectivity index (χ1) is 19.6. The molecule has 0 fully saturated rings. The molecule has 10 heteroatoms. The molecule has 1 aromatic heterocycles. The van der Waals surface area contributed by atoms with Gasteiger partial charge in [-0.1, -0.05) is 23.7 Å². The molecule has 0 aliphatic heterocycles. The van der Waals surface area contributed by atoms with Gasteiger partial charge in [0.2, 0.25) is 0 Å². The quantitative estimate of drug-likeness (QED) is 0.232. The number of aromatic nitrogens is 1. The zero-order valence-electron chi connectivity index (χ0n) is 23.0. The van der Waals surface area contributed by atoms with Crippen LogP contribution in [0.2, 0.25) is 5.02 Å². The van der Waals surface area contributed by atoms with E-state index in [1.165, 1.54) is 39.3 Å². The summed E-state index contributed by atoms with van der Waals surface area (Å²) in [6.45, 7) is 1.68. The van der Waals surface area contributed by atoms with Crippen molar-refractivity contribution in [1.29, 1.82) is 0 Å². The number of hydrogen-bond donors (Lipinski definition) is 2. The maximum atomic E-state index is 13.7. The Balaban J connectivity index is 1.45. The third-order valence-corrected chi connectivity index (χ3v) is 6.69. The minimum atomic E-state index is -1.55. The maximum absolute atomic E-state index is 13.7. The molecule has 41 heavy (non-hydrogen) atoms. The van der Waals surface area contributed by atoms with Gasteiger partial charge in [0, 0.05) is 11.1 Å². The number of nitrogens with zero attached hydrogens (tertiary/aromatic N) is 1. The van der Waals surface area contributed by atoms with Crippen molar-refractivity contribution in [3.8, 4) is 34.3 Å². The Morgan fingerprint density at radius 1 is 0.927 bits per heavy atom. The predicted octanol–water partition coefficient (Wildman–Crippen LogP) is 5.78. The minimum absolute atomic E-state index is 0.0663. The number of halogens is 2. The molecule has 8 nitrogen and oxygen atoms in total. The zero-order chi connectivity index (χ0) is 29.6. The summed E-state index contributed by atoms with van der Waals surface area (Å²) in [5, 5.41) is 13.9. The minimum Gasteiger partial charge on any atom is -0.497 e. The Bertz CT molecular complexity index is 1530. The fourth-order valence-electron chi connectivity index (χ4n) is 4.02. The number of hydrogen-bond acceptors (Lipinski definition) is 7. The first-order valence-electron chi connectivity index (χ1n) is 12.6. The van der Waals surface area contributed by atoms with E-state index in [1.54, 1.807) is 37.4 Å². The predicted molar refractivity (Wildman–Crippen MR) is 153 cm³/mol. The van der Waals surface area contributed by atoms with Gasteiger partial charge < -0.3 is 29.4 Å². The van der Waals surface area contributed by atoms with Crippen LogP contribution >= 0.6 is 11.6 Å². The second kappa shape index (κ2) is 12.9. The number of aliphatic hydroxyl groups is 1. The molecular formula is C31H30ClFN2O6. The average molecular weight is 581 g/mol. The van der Waals surface area contributed by atoms with E-state index in [1.807, 2.05) is 24.3 Å². The van der Waals surface area contributed by atoms with Gasteiger partial charge in [-0.05, 0) is 73.2 Å². The number of carbonyl (C=O) groups excluding carboxylic acids is 1. The van der Waals surface area contributed by atoms with Gasteiger partial charge >= 0.3 is 0 Å². The summed E-state index contributed by atoms with van der Waals surface area (Å²) in [6, 6.07) is 19.7. The van der Waals surface area contributed by atoms with Crippen LogP contribution < -0.4 is 24.3 Å². The lowest BCUT2D eigenvalue weighted by Gasteiger charge is -2.24. The van der Waals surface area contributed by atoms with E-state index in [9.17, 15) is 14.3 Å². The Kier molecular flexibility index (Phi) is 9.31. The van der Waals surface area contributed by atoms with Crippen molar-refractivity contribution in [1.82, 2.24) is 10.3 Å². The van der Waals surface area contributed by atoms with Crippen LogP contribution in [0, 0.1) is 5.82 Å². The van der Waals surface area contributed by atoms with Crippen molar-refractivity contribution in [3.63, 3.8) is 0 Å². The molecule has 4 aromatic rings. The summed E-state index contributed by atoms with van der Waals surface area (Å²) in [5.41, 5.74) is 0.860. The van der Waals surface area contributed by atoms with Crippen LogP contribution in [0.25, 0.3) is 11.3 Å². The third-order valence-electron chi connectivity index (χ3n) is 6.40. The molecule has 1 unspecified atom stereocenters. The molecule has 0 bridgehead atoms. The molecule has 0 radical (unpaired) electrons. The van der Waals surface area contributed by atoms with E-state index in [-0.39, 0.29) is 17.3 Å². The normalized spacial score (nSPS) is 12.3. The van der Waals surface area contributed by atoms with Gasteiger partial charge in [-0.15, -0.1) is 0 Å². The van der Waals surface area contributed by atoms with Crippen molar-refractivity contribution in [3.05, 3.63) is 100 Å². The molecule has 0 aliphatic rings. The van der Waals surface area contributed by atoms with Gasteiger partial charge in [-0.25, -0.2) is 9.37 Å². The lowest BCUT2D eigenvalue weighted by Crippen LogP contribution is -2.39. The molecule has 1 amide bonds. The van der Waals surface area contributed by atoms with Crippen molar-refractivity contribution < 1.29 is 33.2 Å². The molecule has 0 saturated carbocycles. The van der Waals surface area contributed by atoms with Crippen LogP contribution in [0.3, 0.4) is 0 Å². The van der Waals surface area contributed by atoms with Crippen LogP contribution in [0.5, 0.6) is 23.0 Å². The molecule has 0 spiro atoms. The first kappa shape index (κ1) is 29.6. The lowest BCUT2D eigenvalue weighted by molar-refractivity contribution is 0.0489. The van der Waals surface area contributed by atoms with Crippen molar-refractivity contribution >= 4 is 17.5 Å². The molecule has 4 rings (SSSR count). The summed E-state index contributed by atoms with van der Waals surface area (Å²) in [6.07, 6.45) is 0. The fraction of sp³-hybridized carbons (Fsp3) is 0.226. The number of ether oxygens (including phenoxy) is 4. The summed E-state index contributed by atoms with van der Waals surface area (Å²) < 4.78 is 35.6. The standard InChI is InChI=1S/C31H30ClFN2O6/c1-31(37,28-14-13-26(39-3)29(35-28)20-7-11-24(33)23(32)15-20)18-34-30(36)21-8-12-25(27(16-21)40-4)41-17-19-5-9-22(38-2)10-6-19/h5-16,37H,17-18H2,1-4H3,(H,34,36). The molecule has 0 aliphatic carbocycles. The van der Waals surface area contributed by atoms with E-state index in [0.29, 0.717) is 40.7 Å². The molecule has 1 heterocycles. The number of rotatable bonds is 11. The van der Waals surface area contributed by atoms with E-state index in [4.69, 9.17) is 30.5 Å². The Morgan fingerprint density at radius 3 is 2.29 bits per heavy atom. The van der Waals surface area contributed by atoms with Gasteiger partial charge in [0.05, 0.1) is 38.6 Å². The summed E-state index contributed by atoms with van der Waals surface area (Å²) in [4.78, 5) is 17.5. The van der Waals surface area contributed by atoms with E-state index >= 15 is 0 Å². The maximum Gasteiger partial charge on any atom is 0.251 e. The van der Waals surface area contributed by atoms with Crippen molar-refractivity contribution in [2.75, 3.05) is 27.9 Å². The first-order valence-corrected chi connectivity index (χ1v) is 13.0. The monoisotopic (exact) mass is 580 g/mol. The number of carbonyl (C=O) groups is 1. The highest BCUT2D eigenvalue weighted by molar-refractivity contribution is 6.31. The highest BCUT2D eigenvalue weighted by atomic mass is 35.5. The number of benzene rings is 3. The largest absolute Gasteiger partial charge is 0.497 e. The van der Waals surface area contributed by atoms with Gasteiger partial charge in [-0.2, -0.15) is 0 Å². The van der Waals surface area contributed by atoms with Crippen LogP contribution in [0.15, 0.2) is 72.8 Å². The average Bonchev–Trinajstić information content (AvgIpc) is 3.00. The van der Waals surface area contributed by atoms with Crippen LogP contribution in [0.1, 0.15) is 28.5 Å². The third kappa shape index (κ3) is 7.06. The zero-order valence-corrected chi connectivity index (χ0v) is 23.8.